The first-order chi connectivity index (χ1) is 7.61. The van der Waals surface area contributed by atoms with Crippen LogP contribution in [0.4, 0.5) is 8.78 Å². The van der Waals surface area contributed by atoms with Crippen molar-refractivity contribution in [1.82, 2.24) is 0 Å². The Kier molecular flexibility index (Phi) is 5.19. The van der Waals surface area contributed by atoms with E-state index in [1.54, 1.807) is 0 Å². The van der Waals surface area contributed by atoms with Gasteiger partial charge in [-0.1, -0.05) is 6.07 Å². The molecule has 0 aliphatic rings. The second-order valence-electron chi connectivity index (χ2n) is 3.87. The van der Waals surface area contributed by atoms with Crippen molar-refractivity contribution in [3.05, 3.63) is 29.8 Å². The lowest BCUT2D eigenvalue weighted by Crippen LogP contribution is -2.14. The molecule has 16 heavy (non-hydrogen) atoms. The smallest absolute Gasteiger partial charge is 0.190 e. The fourth-order valence-corrected chi connectivity index (χ4v) is 1.36. The minimum Gasteiger partial charge on any atom is -0.488 e. The van der Waals surface area contributed by atoms with Crippen LogP contribution in [-0.4, -0.2) is 12.6 Å². The van der Waals surface area contributed by atoms with Gasteiger partial charge < -0.3 is 10.5 Å². The van der Waals surface area contributed by atoms with Gasteiger partial charge in [0, 0.05) is 6.04 Å². The number of unbranched alkanes of at least 4 members (excludes halogenated alkanes) is 1. The monoisotopic (exact) mass is 229 g/mol. The van der Waals surface area contributed by atoms with E-state index >= 15 is 0 Å². The number of rotatable bonds is 6. The Hall–Kier alpha value is -1.16. The highest BCUT2D eigenvalue weighted by Gasteiger charge is 2.08. The lowest BCUT2D eigenvalue weighted by atomic mass is 10.1. The summed E-state index contributed by atoms with van der Waals surface area (Å²) in [5.74, 6) is -1.61. The number of ether oxygens (including phenoxy) is 1. The molecule has 0 saturated carbocycles. The highest BCUT2D eigenvalue weighted by atomic mass is 19.1. The van der Waals surface area contributed by atoms with E-state index in [9.17, 15) is 8.78 Å². The molecule has 0 aliphatic heterocycles. The number of hydrogen-bond donors (Lipinski definition) is 1. The van der Waals surface area contributed by atoms with E-state index < -0.39 is 11.6 Å². The largest absolute Gasteiger partial charge is 0.488 e. The minimum atomic E-state index is -0.660. The zero-order chi connectivity index (χ0) is 12.0. The van der Waals surface area contributed by atoms with E-state index in [-0.39, 0.29) is 11.8 Å². The van der Waals surface area contributed by atoms with Crippen molar-refractivity contribution >= 4 is 0 Å². The van der Waals surface area contributed by atoms with E-state index in [0.717, 1.165) is 19.3 Å². The van der Waals surface area contributed by atoms with Gasteiger partial charge in [0.05, 0.1) is 6.61 Å². The molecule has 90 valence electrons. The lowest BCUT2D eigenvalue weighted by molar-refractivity contribution is 0.274. The molecule has 0 aromatic heterocycles. The number of para-hydroxylation sites is 1. The van der Waals surface area contributed by atoms with Crippen LogP contribution in [0.1, 0.15) is 26.2 Å². The zero-order valence-corrected chi connectivity index (χ0v) is 9.38. The summed E-state index contributed by atoms with van der Waals surface area (Å²) in [6.45, 7) is 2.24. The maximum Gasteiger partial charge on any atom is 0.190 e. The zero-order valence-electron chi connectivity index (χ0n) is 9.38. The Bertz CT molecular complexity index is 309. The van der Waals surface area contributed by atoms with Crippen LogP contribution in [0.3, 0.4) is 0 Å². The molecular formula is C12H17F2NO. The molecule has 0 spiro atoms. The minimum absolute atomic E-state index is 0.158. The van der Waals surface area contributed by atoms with Crippen LogP contribution in [0, 0.1) is 11.6 Å². The van der Waals surface area contributed by atoms with Crippen molar-refractivity contribution in [3.8, 4) is 5.75 Å². The molecule has 0 radical (unpaired) electrons. The summed E-state index contributed by atoms with van der Waals surface area (Å²) in [6.07, 6.45) is 2.53. The van der Waals surface area contributed by atoms with Gasteiger partial charge in [0.2, 0.25) is 0 Å². The Balaban J connectivity index is 2.32. The SMILES string of the molecule is CC(N)CCCCOc1c(F)cccc1F. The topological polar surface area (TPSA) is 35.2 Å². The molecule has 1 atom stereocenters. The van der Waals surface area contributed by atoms with Crippen LogP contribution in [-0.2, 0) is 0 Å². The molecule has 0 fully saturated rings. The van der Waals surface area contributed by atoms with E-state index in [1.165, 1.54) is 18.2 Å². The Morgan fingerprint density at radius 2 is 1.88 bits per heavy atom. The molecule has 4 heteroatoms. The average molecular weight is 229 g/mol. The van der Waals surface area contributed by atoms with Gasteiger partial charge in [0.1, 0.15) is 0 Å². The van der Waals surface area contributed by atoms with Crippen molar-refractivity contribution in [2.75, 3.05) is 6.61 Å². The molecular weight excluding hydrogens is 212 g/mol. The van der Waals surface area contributed by atoms with Gasteiger partial charge in [-0.3, -0.25) is 0 Å². The normalized spacial score (nSPS) is 12.5. The summed E-state index contributed by atoms with van der Waals surface area (Å²) >= 11 is 0. The number of halogens is 2. The average Bonchev–Trinajstić information content (AvgIpc) is 2.21. The predicted octanol–water partition coefficient (Wildman–Crippen LogP) is 2.86. The third-order valence-electron chi connectivity index (χ3n) is 2.22. The van der Waals surface area contributed by atoms with Crippen LogP contribution >= 0.6 is 0 Å². The Morgan fingerprint density at radius 1 is 1.25 bits per heavy atom. The molecule has 0 saturated heterocycles. The highest BCUT2D eigenvalue weighted by molar-refractivity contribution is 5.25. The molecule has 1 aromatic carbocycles. The molecule has 1 unspecified atom stereocenters. The predicted molar refractivity (Wildman–Crippen MR) is 59.4 cm³/mol. The summed E-state index contributed by atoms with van der Waals surface area (Å²) in [5, 5.41) is 0. The van der Waals surface area contributed by atoms with Crippen molar-refractivity contribution in [2.24, 2.45) is 5.73 Å². The third kappa shape index (κ3) is 4.14. The van der Waals surface area contributed by atoms with Gasteiger partial charge in [0.15, 0.2) is 17.4 Å². The summed E-state index contributed by atoms with van der Waals surface area (Å²) < 4.78 is 31.3. The second-order valence-corrected chi connectivity index (χ2v) is 3.87. The van der Waals surface area contributed by atoms with Crippen LogP contribution < -0.4 is 10.5 Å². The van der Waals surface area contributed by atoms with Crippen molar-refractivity contribution in [1.29, 1.82) is 0 Å². The fraction of sp³-hybridized carbons (Fsp3) is 0.500. The van der Waals surface area contributed by atoms with Gasteiger partial charge in [-0.15, -0.1) is 0 Å². The maximum absolute atomic E-state index is 13.1. The highest BCUT2D eigenvalue weighted by Crippen LogP contribution is 2.20. The number of hydrogen-bond acceptors (Lipinski definition) is 2. The Labute approximate surface area is 94.4 Å². The van der Waals surface area contributed by atoms with Gasteiger partial charge >= 0.3 is 0 Å². The Morgan fingerprint density at radius 3 is 2.44 bits per heavy atom. The summed E-state index contributed by atoms with van der Waals surface area (Å²) in [6, 6.07) is 3.83. The molecule has 1 aromatic rings. The van der Waals surface area contributed by atoms with E-state index in [1.807, 2.05) is 6.92 Å². The molecule has 0 heterocycles. The number of benzene rings is 1. The quantitative estimate of drug-likeness (QED) is 0.761. The molecule has 1 rings (SSSR count). The first kappa shape index (κ1) is 12.9. The van der Waals surface area contributed by atoms with Gasteiger partial charge in [-0.2, -0.15) is 0 Å². The molecule has 2 N–H and O–H groups in total. The van der Waals surface area contributed by atoms with Gasteiger partial charge in [-0.25, -0.2) is 8.78 Å². The van der Waals surface area contributed by atoms with Crippen molar-refractivity contribution in [2.45, 2.75) is 32.2 Å². The molecule has 0 aliphatic carbocycles. The van der Waals surface area contributed by atoms with Gasteiger partial charge in [-0.05, 0) is 38.3 Å². The summed E-state index contributed by atoms with van der Waals surface area (Å²) in [5.41, 5.74) is 5.57. The first-order valence-corrected chi connectivity index (χ1v) is 5.43. The standard InChI is InChI=1S/C12H17F2NO/c1-9(15)5-2-3-8-16-12-10(13)6-4-7-11(12)14/h4,6-7,9H,2-3,5,8,15H2,1H3. The van der Waals surface area contributed by atoms with Crippen molar-refractivity contribution < 1.29 is 13.5 Å². The molecule has 0 amide bonds. The first-order valence-electron chi connectivity index (χ1n) is 5.43. The maximum atomic E-state index is 13.1. The van der Waals surface area contributed by atoms with E-state index in [2.05, 4.69) is 0 Å². The van der Waals surface area contributed by atoms with E-state index in [0.29, 0.717) is 6.61 Å². The third-order valence-corrected chi connectivity index (χ3v) is 2.22. The molecule has 0 bridgehead atoms. The van der Waals surface area contributed by atoms with Crippen LogP contribution in [0.5, 0.6) is 5.75 Å². The fourth-order valence-electron chi connectivity index (χ4n) is 1.36. The lowest BCUT2D eigenvalue weighted by Gasteiger charge is -2.08. The second kappa shape index (κ2) is 6.43. The van der Waals surface area contributed by atoms with Crippen LogP contribution in [0.2, 0.25) is 0 Å². The van der Waals surface area contributed by atoms with Crippen molar-refractivity contribution in [3.63, 3.8) is 0 Å². The summed E-state index contributed by atoms with van der Waals surface area (Å²) in [7, 11) is 0. The number of nitrogens with two attached hydrogens (primary N) is 1. The summed E-state index contributed by atoms with van der Waals surface area (Å²) in [4.78, 5) is 0. The molecule has 2 nitrogen and oxygen atoms in total. The van der Waals surface area contributed by atoms with Gasteiger partial charge in [0.25, 0.3) is 0 Å². The van der Waals surface area contributed by atoms with E-state index in [4.69, 9.17) is 10.5 Å². The van der Waals surface area contributed by atoms with Crippen LogP contribution in [0.25, 0.3) is 0 Å². The van der Waals surface area contributed by atoms with Crippen LogP contribution in [0.15, 0.2) is 18.2 Å².